The molecule has 0 unspecified atom stereocenters. The van der Waals surface area contributed by atoms with Gasteiger partial charge in [0.15, 0.2) is 0 Å². The Morgan fingerprint density at radius 2 is 1.76 bits per heavy atom. The van der Waals surface area contributed by atoms with Gasteiger partial charge in [-0.1, -0.05) is 13.8 Å². The first-order valence-electron chi connectivity index (χ1n) is 9.02. The van der Waals surface area contributed by atoms with Crippen LogP contribution in [-0.4, -0.2) is 14.5 Å². The minimum atomic E-state index is 0.387. The number of aromatic nitrogens is 3. The fourth-order valence-corrected chi connectivity index (χ4v) is 3.34. The van der Waals surface area contributed by atoms with Crippen LogP contribution in [0.3, 0.4) is 0 Å². The van der Waals surface area contributed by atoms with Crippen molar-refractivity contribution in [1.29, 1.82) is 0 Å². The second kappa shape index (κ2) is 6.60. The maximum Gasteiger partial charge on any atom is 0.0917 e. The monoisotopic (exact) mass is 336 g/mol. The minimum Gasteiger partial charge on any atom is -0.343 e. The summed E-state index contributed by atoms with van der Waals surface area (Å²) in [6.07, 6.45) is 2.19. The number of fused-ring (bicyclic) bond motifs is 1. The van der Waals surface area contributed by atoms with Gasteiger partial charge in [0.1, 0.15) is 0 Å². The standard InChI is InChI=1S/C21H28N4/c1-12(2)17-8-7-16(18(10-22)23-17)20-14(5)9-19-21(24-20)15(6)11-25(19)13(3)4/h7-9,11-13H,10,22H2,1-6H3. The van der Waals surface area contributed by atoms with Gasteiger partial charge in [0.05, 0.1) is 22.4 Å². The summed E-state index contributed by atoms with van der Waals surface area (Å²) in [7, 11) is 0. The average Bonchev–Trinajstić information content (AvgIpc) is 2.89. The van der Waals surface area contributed by atoms with E-state index in [0.29, 0.717) is 18.5 Å². The van der Waals surface area contributed by atoms with Crippen LogP contribution in [0.5, 0.6) is 0 Å². The molecule has 0 amide bonds. The van der Waals surface area contributed by atoms with E-state index in [-0.39, 0.29) is 0 Å². The van der Waals surface area contributed by atoms with Crippen molar-refractivity contribution >= 4 is 11.0 Å². The highest BCUT2D eigenvalue weighted by molar-refractivity contribution is 5.84. The minimum absolute atomic E-state index is 0.387. The van der Waals surface area contributed by atoms with Gasteiger partial charge >= 0.3 is 0 Å². The van der Waals surface area contributed by atoms with Crippen molar-refractivity contribution in [2.75, 3.05) is 0 Å². The van der Waals surface area contributed by atoms with E-state index in [2.05, 4.69) is 70.5 Å². The lowest BCUT2D eigenvalue weighted by atomic mass is 10.0. The molecule has 4 nitrogen and oxygen atoms in total. The zero-order chi connectivity index (χ0) is 18.3. The Labute approximate surface area is 150 Å². The van der Waals surface area contributed by atoms with Crippen LogP contribution >= 0.6 is 0 Å². The lowest BCUT2D eigenvalue weighted by Gasteiger charge is -2.14. The summed E-state index contributed by atoms with van der Waals surface area (Å²) in [5.41, 5.74) is 14.6. The van der Waals surface area contributed by atoms with Crippen molar-refractivity contribution < 1.29 is 0 Å². The fourth-order valence-electron chi connectivity index (χ4n) is 3.34. The van der Waals surface area contributed by atoms with E-state index >= 15 is 0 Å². The Bertz CT molecular complexity index is 919. The number of nitrogens with zero attached hydrogens (tertiary/aromatic N) is 3. The van der Waals surface area contributed by atoms with Crippen LogP contribution in [0.4, 0.5) is 0 Å². The molecular formula is C21H28N4. The second-order valence-corrected chi connectivity index (χ2v) is 7.42. The third-order valence-electron chi connectivity index (χ3n) is 4.77. The number of nitrogens with two attached hydrogens (primary N) is 1. The highest BCUT2D eigenvalue weighted by Crippen LogP contribution is 2.31. The lowest BCUT2D eigenvalue weighted by molar-refractivity contribution is 0.621. The first-order chi connectivity index (χ1) is 11.8. The van der Waals surface area contributed by atoms with Gasteiger partial charge < -0.3 is 10.3 Å². The number of hydrogen-bond donors (Lipinski definition) is 1. The molecule has 3 aromatic rings. The molecule has 3 rings (SSSR count). The molecule has 4 heteroatoms. The van der Waals surface area contributed by atoms with Crippen LogP contribution in [-0.2, 0) is 6.54 Å². The van der Waals surface area contributed by atoms with Crippen LogP contribution in [0, 0.1) is 13.8 Å². The fraction of sp³-hybridized carbons (Fsp3) is 0.429. The predicted octanol–water partition coefficient (Wildman–Crippen LogP) is 4.88. The Morgan fingerprint density at radius 3 is 2.36 bits per heavy atom. The van der Waals surface area contributed by atoms with E-state index < -0.39 is 0 Å². The van der Waals surface area contributed by atoms with Crippen molar-refractivity contribution in [2.24, 2.45) is 5.73 Å². The Morgan fingerprint density at radius 1 is 1.04 bits per heavy atom. The van der Waals surface area contributed by atoms with Crippen LogP contribution in [0.15, 0.2) is 24.4 Å². The molecule has 0 spiro atoms. The summed E-state index contributed by atoms with van der Waals surface area (Å²) in [6, 6.07) is 6.87. The molecule has 132 valence electrons. The van der Waals surface area contributed by atoms with E-state index in [4.69, 9.17) is 15.7 Å². The topological polar surface area (TPSA) is 56.7 Å². The highest BCUT2D eigenvalue weighted by atomic mass is 15.0. The van der Waals surface area contributed by atoms with Gasteiger partial charge in [-0.25, -0.2) is 4.98 Å². The van der Waals surface area contributed by atoms with Gasteiger partial charge in [-0.15, -0.1) is 0 Å². The van der Waals surface area contributed by atoms with Crippen molar-refractivity contribution in [3.63, 3.8) is 0 Å². The number of hydrogen-bond acceptors (Lipinski definition) is 3. The molecule has 0 radical (unpaired) electrons. The molecule has 0 saturated carbocycles. The zero-order valence-corrected chi connectivity index (χ0v) is 16.1. The quantitative estimate of drug-likeness (QED) is 0.739. The highest BCUT2D eigenvalue weighted by Gasteiger charge is 2.16. The van der Waals surface area contributed by atoms with Crippen molar-refractivity contribution in [3.8, 4) is 11.3 Å². The summed E-state index contributed by atoms with van der Waals surface area (Å²) in [4.78, 5) is 9.79. The Hall–Kier alpha value is -2.20. The molecule has 2 N–H and O–H groups in total. The molecule has 3 heterocycles. The zero-order valence-electron chi connectivity index (χ0n) is 16.1. The molecule has 3 aromatic heterocycles. The number of aryl methyl sites for hydroxylation is 2. The van der Waals surface area contributed by atoms with Gasteiger partial charge in [-0.05, 0) is 62.9 Å². The van der Waals surface area contributed by atoms with Crippen LogP contribution in [0.1, 0.15) is 62.2 Å². The summed E-state index contributed by atoms with van der Waals surface area (Å²) in [5, 5.41) is 0. The lowest BCUT2D eigenvalue weighted by Crippen LogP contribution is -2.07. The van der Waals surface area contributed by atoms with Crippen molar-refractivity contribution in [2.45, 2.75) is 60.0 Å². The molecule has 0 bridgehead atoms. The number of rotatable bonds is 4. The molecule has 0 atom stereocenters. The first kappa shape index (κ1) is 17.6. The molecule has 25 heavy (non-hydrogen) atoms. The van der Waals surface area contributed by atoms with E-state index in [1.54, 1.807) is 0 Å². The average molecular weight is 336 g/mol. The van der Waals surface area contributed by atoms with Crippen LogP contribution in [0.25, 0.3) is 22.3 Å². The van der Waals surface area contributed by atoms with E-state index in [9.17, 15) is 0 Å². The second-order valence-electron chi connectivity index (χ2n) is 7.42. The van der Waals surface area contributed by atoms with E-state index in [1.165, 1.54) is 11.1 Å². The largest absolute Gasteiger partial charge is 0.343 e. The number of pyridine rings is 2. The molecule has 0 saturated heterocycles. The molecule has 0 fully saturated rings. The Kier molecular flexibility index (Phi) is 4.65. The van der Waals surface area contributed by atoms with Crippen LogP contribution in [0.2, 0.25) is 0 Å². The predicted molar refractivity (Wildman–Crippen MR) is 105 cm³/mol. The Balaban J connectivity index is 2.23. The molecular weight excluding hydrogens is 308 g/mol. The van der Waals surface area contributed by atoms with Gasteiger partial charge in [0.2, 0.25) is 0 Å². The SMILES string of the molecule is Cc1cc2c(nc1-c1ccc(C(C)C)nc1CN)c(C)cn2C(C)C. The summed E-state index contributed by atoms with van der Waals surface area (Å²) < 4.78 is 2.29. The molecule has 0 aliphatic carbocycles. The molecule has 0 aliphatic heterocycles. The van der Waals surface area contributed by atoms with Gasteiger partial charge in [0.25, 0.3) is 0 Å². The summed E-state index contributed by atoms with van der Waals surface area (Å²) in [5.74, 6) is 0.387. The van der Waals surface area contributed by atoms with E-state index in [0.717, 1.165) is 33.7 Å². The summed E-state index contributed by atoms with van der Waals surface area (Å²) in [6.45, 7) is 13.3. The maximum atomic E-state index is 6.00. The third-order valence-corrected chi connectivity index (χ3v) is 4.77. The van der Waals surface area contributed by atoms with Crippen LogP contribution < -0.4 is 5.73 Å². The smallest absolute Gasteiger partial charge is 0.0917 e. The van der Waals surface area contributed by atoms with Crippen molar-refractivity contribution in [1.82, 2.24) is 14.5 Å². The molecule has 0 aliphatic rings. The summed E-state index contributed by atoms with van der Waals surface area (Å²) >= 11 is 0. The van der Waals surface area contributed by atoms with Gasteiger partial charge in [-0.2, -0.15) is 0 Å². The third kappa shape index (κ3) is 3.07. The van der Waals surface area contributed by atoms with Crippen molar-refractivity contribution in [3.05, 3.63) is 46.9 Å². The van der Waals surface area contributed by atoms with Gasteiger partial charge in [0, 0.05) is 30.0 Å². The molecule has 0 aromatic carbocycles. The first-order valence-corrected chi connectivity index (χ1v) is 9.02. The normalized spacial score (nSPS) is 11.9. The van der Waals surface area contributed by atoms with Gasteiger partial charge in [-0.3, -0.25) is 4.98 Å². The van der Waals surface area contributed by atoms with E-state index in [1.807, 2.05) is 0 Å². The maximum absolute atomic E-state index is 6.00.